The van der Waals surface area contributed by atoms with Crippen molar-refractivity contribution < 1.29 is 19.4 Å². The topological polar surface area (TPSA) is 70.1 Å². The summed E-state index contributed by atoms with van der Waals surface area (Å²) in [7, 11) is 1.56. The third-order valence-corrected chi connectivity index (χ3v) is 2.97. The molecule has 0 aromatic heterocycles. The molecule has 0 aromatic carbocycles. The summed E-state index contributed by atoms with van der Waals surface area (Å²) in [6.45, 7) is 5.35. The number of hydrogen-bond acceptors (Lipinski definition) is 3. The zero-order valence-corrected chi connectivity index (χ0v) is 10.7. The molecule has 0 aliphatic carbocycles. The maximum absolute atomic E-state index is 12.2. The molecule has 1 N–H and O–H groups in total. The lowest BCUT2D eigenvalue weighted by Crippen LogP contribution is -2.48. The van der Waals surface area contributed by atoms with Crippen molar-refractivity contribution in [2.24, 2.45) is 0 Å². The van der Waals surface area contributed by atoms with Gasteiger partial charge >= 0.3 is 12.0 Å². The van der Waals surface area contributed by atoms with E-state index in [4.69, 9.17) is 9.84 Å². The molecule has 102 valence electrons. The van der Waals surface area contributed by atoms with Crippen LogP contribution in [0.5, 0.6) is 0 Å². The average Bonchev–Trinajstić information content (AvgIpc) is 2.82. The highest BCUT2D eigenvalue weighted by molar-refractivity contribution is 5.83. The molecule has 1 atom stereocenters. The molecule has 6 heteroatoms. The first kappa shape index (κ1) is 14.5. The summed E-state index contributed by atoms with van der Waals surface area (Å²) in [6.07, 6.45) is 2.88. The molecule has 1 heterocycles. The van der Waals surface area contributed by atoms with Crippen LogP contribution in [0.4, 0.5) is 4.79 Å². The Morgan fingerprint density at radius 2 is 2.33 bits per heavy atom. The smallest absolute Gasteiger partial charge is 0.326 e. The number of nitrogens with zero attached hydrogens (tertiary/aromatic N) is 2. The first-order chi connectivity index (χ1) is 8.61. The molecule has 1 aliphatic heterocycles. The van der Waals surface area contributed by atoms with E-state index in [-0.39, 0.29) is 6.03 Å². The van der Waals surface area contributed by atoms with Crippen LogP contribution in [0.3, 0.4) is 0 Å². The minimum Gasteiger partial charge on any atom is -0.480 e. The van der Waals surface area contributed by atoms with Gasteiger partial charge in [0.15, 0.2) is 0 Å². The van der Waals surface area contributed by atoms with Crippen molar-refractivity contribution in [2.75, 3.05) is 33.4 Å². The molecule has 2 amide bonds. The molecule has 0 bridgehead atoms. The minimum absolute atomic E-state index is 0.253. The summed E-state index contributed by atoms with van der Waals surface area (Å²) < 4.78 is 4.94. The number of carboxylic acid groups (broad SMARTS) is 1. The van der Waals surface area contributed by atoms with Crippen molar-refractivity contribution in [1.82, 2.24) is 9.80 Å². The lowest BCUT2D eigenvalue weighted by atomic mass is 10.2. The van der Waals surface area contributed by atoms with E-state index in [0.29, 0.717) is 32.7 Å². The van der Waals surface area contributed by atoms with E-state index in [0.717, 1.165) is 6.42 Å². The normalized spacial score (nSPS) is 18.7. The summed E-state index contributed by atoms with van der Waals surface area (Å²) in [5.41, 5.74) is 0. The zero-order chi connectivity index (χ0) is 13.5. The third kappa shape index (κ3) is 3.46. The van der Waals surface area contributed by atoms with Gasteiger partial charge in [-0.3, -0.25) is 0 Å². The molecule has 0 saturated carbocycles. The maximum Gasteiger partial charge on any atom is 0.326 e. The molecule has 6 nitrogen and oxygen atoms in total. The molecule has 0 aromatic rings. The number of carbonyl (C=O) groups excluding carboxylic acids is 1. The highest BCUT2D eigenvalue weighted by atomic mass is 16.5. The van der Waals surface area contributed by atoms with Gasteiger partial charge in [0, 0.05) is 26.7 Å². The fraction of sp³-hybridized carbons (Fsp3) is 0.667. The quantitative estimate of drug-likeness (QED) is 0.713. The van der Waals surface area contributed by atoms with Crippen LogP contribution in [-0.2, 0) is 9.53 Å². The van der Waals surface area contributed by atoms with Gasteiger partial charge in [-0.1, -0.05) is 6.08 Å². The van der Waals surface area contributed by atoms with Crippen LogP contribution in [0.15, 0.2) is 12.7 Å². The number of urea groups is 1. The Hall–Kier alpha value is -1.56. The lowest BCUT2D eigenvalue weighted by molar-refractivity contribution is -0.141. The second kappa shape index (κ2) is 7.00. The number of methoxy groups -OCH3 is 1. The van der Waals surface area contributed by atoms with Gasteiger partial charge in [0.1, 0.15) is 6.04 Å². The predicted octanol–water partition coefficient (Wildman–Crippen LogP) is 0.790. The Labute approximate surface area is 107 Å². The first-order valence-corrected chi connectivity index (χ1v) is 6.00. The minimum atomic E-state index is -0.939. The summed E-state index contributed by atoms with van der Waals surface area (Å²) in [6, 6.07) is -0.954. The van der Waals surface area contributed by atoms with Crippen molar-refractivity contribution in [1.29, 1.82) is 0 Å². The fourth-order valence-electron chi connectivity index (χ4n) is 2.06. The van der Waals surface area contributed by atoms with Crippen LogP contribution in [0.2, 0.25) is 0 Å². The number of amides is 2. The first-order valence-electron chi connectivity index (χ1n) is 6.00. The number of ether oxygens (including phenoxy) is 1. The molecule has 1 saturated heterocycles. The second-order valence-corrected chi connectivity index (χ2v) is 4.20. The molecule has 18 heavy (non-hydrogen) atoms. The summed E-state index contributed by atoms with van der Waals surface area (Å²) >= 11 is 0. The number of carbonyl (C=O) groups is 2. The number of rotatable bonds is 6. The number of aliphatic carboxylic acids is 1. The Kier molecular flexibility index (Phi) is 5.64. The molecule has 1 rings (SSSR count). The van der Waals surface area contributed by atoms with Gasteiger partial charge in [-0.25, -0.2) is 9.59 Å². The Morgan fingerprint density at radius 3 is 2.89 bits per heavy atom. The predicted molar refractivity (Wildman–Crippen MR) is 66.4 cm³/mol. The van der Waals surface area contributed by atoms with Crippen LogP contribution in [-0.4, -0.2) is 66.3 Å². The standard InChI is InChI=1S/C12H20N2O4/c1-3-6-13(8-9-18-2)12(17)14-7-4-5-10(14)11(15)16/h3,10H,1,4-9H2,2H3,(H,15,16). The Morgan fingerprint density at radius 1 is 1.61 bits per heavy atom. The van der Waals surface area contributed by atoms with E-state index in [1.165, 1.54) is 4.90 Å². The molecule has 1 aliphatic rings. The van der Waals surface area contributed by atoms with Crippen molar-refractivity contribution in [3.05, 3.63) is 12.7 Å². The second-order valence-electron chi connectivity index (χ2n) is 4.20. The van der Waals surface area contributed by atoms with E-state index in [2.05, 4.69) is 6.58 Å². The van der Waals surface area contributed by atoms with Crippen molar-refractivity contribution >= 4 is 12.0 Å². The van der Waals surface area contributed by atoms with E-state index in [1.54, 1.807) is 18.1 Å². The van der Waals surface area contributed by atoms with Gasteiger partial charge in [-0.15, -0.1) is 6.58 Å². The third-order valence-electron chi connectivity index (χ3n) is 2.97. The van der Waals surface area contributed by atoms with Gasteiger partial charge in [-0.05, 0) is 12.8 Å². The van der Waals surface area contributed by atoms with Crippen molar-refractivity contribution in [3.63, 3.8) is 0 Å². The van der Waals surface area contributed by atoms with E-state index in [1.807, 2.05) is 0 Å². The largest absolute Gasteiger partial charge is 0.480 e. The highest BCUT2D eigenvalue weighted by Crippen LogP contribution is 2.19. The Balaban J connectivity index is 2.68. The summed E-state index contributed by atoms with van der Waals surface area (Å²) in [5, 5.41) is 9.06. The van der Waals surface area contributed by atoms with Crippen LogP contribution in [0, 0.1) is 0 Å². The highest BCUT2D eigenvalue weighted by Gasteiger charge is 2.35. The average molecular weight is 256 g/mol. The number of likely N-dealkylation sites (tertiary alicyclic amines) is 1. The fourth-order valence-corrected chi connectivity index (χ4v) is 2.06. The van der Waals surface area contributed by atoms with Gasteiger partial charge in [0.05, 0.1) is 6.61 Å². The van der Waals surface area contributed by atoms with Gasteiger partial charge in [-0.2, -0.15) is 0 Å². The van der Waals surface area contributed by atoms with Gasteiger partial charge in [0.25, 0.3) is 0 Å². The number of hydrogen-bond donors (Lipinski definition) is 1. The van der Waals surface area contributed by atoms with Crippen LogP contribution in [0.25, 0.3) is 0 Å². The van der Waals surface area contributed by atoms with Gasteiger partial charge in [0.2, 0.25) is 0 Å². The Bertz CT molecular complexity index is 319. The zero-order valence-electron chi connectivity index (χ0n) is 10.7. The number of carboxylic acids is 1. The van der Waals surface area contributed by atoms with E-state index in [9.17, 15) is 9.59 Å². The molecule has 0 radical (unpaired) electrons. The SMILES string of the molecule is C=CCN(CCOC)C(=O)N1CCCC1C(=O)O. The van der Waals surface area contributed by atoms with Crippen LogP contribution >= 0.6 is 0 Å². The summed E-state index contributed by atoms with van der Waals surface area (Å²) in [4.78, 5) is 26.3. The summed E-state index contributed by atoms with van der Waals surface area (Å²) in [5.74, 6) is -0.939. The van der Waals surface area contributed by atoms with Crippen LogP contribution < -0.4 is 0 Å². The monoisotopic (exact) mass is 256 g/mol. The van der Waals surface area contributed by atoms with Crippen LogP contribution in [0.1, 0.15) is 12.8 Å². The van der Waals surface area contributed by atoms with Crippen molar-refractivity contribution in [3.8, 4) is 0 Å². The van der Waals surface area contributed by atoms with Crippen molar-refractivity contribution in [2.45, 2.75) is 18.9 Å². The molecule has 0 spiro atoms. The molecule has 1 unspecified atom stereocenters. The van der Waals surface area contributed by atoms with E-state index >= 15 is 0 Å². The maximum atomic E-state index is 12.2. The van der Waals surface area contributed by atoms with Gasteiger partial charge < -0.3 is 19.6 Å². The molecule has 1 fully saturated rings. The molecular weight excluding hydrogens is 236 g/mol. The molecular formula is C12H20N2O4. The van der Waals surface area contributed by atoms with E-state index < -0.39 is 12.0 Å². The lowest BCUT2D eigenvalue weighted by Gasteiger charge is -2.29.